The molecule has 5 N–H and O–H groups in total. The second kappa shape index (κ2) is 14.4. The van der Waals surface area contributed by atoms with Crippen LogP contribution in [0.3, 0.4) is 0 Å². The topological polar surface area (TPSA) is 119 Å². The van der Waals surface area contributed by atoms with E-state index in [0.717, 1.165) is 16.9 Å². The summed E-state index contributed by atoms with van der Waals surface area (Å²) in [6.45, 7) is 0.677. The van der Waals surface area contributed by atoms with Crippen LogP contribution >= 0.6 is 0 Å². The zero-order valence-corrected chi connectivity index (χ0v) is 24.3. The van der Waals surface area contributed by atoms with E-state index in [0.29, 0.717) is 47.2 Å². The zero-order valence-electron chi connectivity index (χ0n) is 24.3. The number of methoxy groups -OCH3 is 1. The molecule has 0 aliphatic heterocycles. The van der Waals surface area contributed by atoms with Gasteiger partial charge in [0.1, 0.15) is 30.0 Å². The van der Waals surface area contributed by atoms with E-state index in [1.54, 1.807) is 43.5 Å². The molecule has 5 aromatic carbocycles. The molecule has 0 saturated heterocycles. The number of nitrogen functional groups attached to an aromatic ring is 1. The minimum absolute atomic E-state index is 0.0236. The molecule has 44 heavy (non-hydrogen) atoms. The number of benzene rings is 5. The van der Waals surface area contributed by atoms with Crippen molar-refractivity contribution in [1.29, 1.82) is 5.41 Å². The van der Waals surface area contributed by atoms with Gasteiger partial charge in [-0.3, -0.25) is 10.2 Å². The van der Waals surface area contributed by atoms with Crippen molar-refractivity contribution in [3.05, 3.63) is 150 Å². The minimum atomic E-state index is -0.739. The van der Waals surface area contributed by atoms with Crippen LogP contribution in [0, 0.1) is 5.41 Å². The maximum Gasteiger partial charge on any atom is 0.247 e. The highest BCUT2D eigenvalue weighted by atomic mass is 16.5. The number of amides is 1. The first-order chi connectivity index (χ1) is 21.5. The van der Waals surface area contributed by atoms with E-state index < -0.39 is 6.04 Å². The number of ether oxygens (including phenoxy) is 3. The van der Waals surface area contributed by atoms with Gasteiger partial charge < -0.3 is 30.6 Å². The lowest BCUT2D eigenvalue weighted by Crippen LogP contribution is -2.33. The number of para-hydroxylation sites is 1. The predicted molar refractivity (Wildman–Crippen MR) is 172 cm³/mol. The Morgan fingerprint density at radius 1 is 0.773 bits per heavy atom. The van der Waals surface area contributed by atoms with Gasteiger partial charge in [0.25, 0.3) is 0 Å². The molecule has 0 heterocycles. The summed E-state index contributed by atoms with van der Waals surface area (Å²) in [7, 11) is 1.57. The largest absolute Gasteiger partial charge is 0.493 e. The normalized spacial score (nSPS) is 11.2. The first-order valence-corrected chi connectivity index (χ1v) is 14.1. The van der Waals surface area contributed by atoms with Crippen LogP contribution in [0.1, 0.15) is 28.3 Å². The second-order valence-electron chi connectivity index (χ2n) is 10.0. The first kappa shape index (κ1) is 29.7. The molecule has 8 heteroatoms. The summed E-state index contributed by atoms with van der Waals surface area (Å²) in [5.41, 5.74) is 9.52. The maximum atomic E-state index is 13.5. The number of rotatable bonds is 13. The number of nitrogens with one attached hydrogen (secondary N) is 3. The van der Waals surface area contributed by atoms with Crippen molar-refractivity contribution < 1.29 is 19.0 Å². The summed E-state index contributed by atoms with van der Waals surface area (Å²) in [6, 6.07) is 38.8. The molecule has 0 aliphatic rings. The Balaban J connectivity index is 1.33. The molecule has 1 amide bonds. The zero-order chi connectivity index (χ0) is 30.7. The number of nitrogens with two attached hydrogens (primary N) is 1. The van der Waals surface area contributed by atoms with E-state index in [4.69, 9.17) is 25.4 Å². The first-order valence-electron chi connectivity index (χ1n) is 14.1. The number of anilines is 1. The van der Waals surface area contributed by atoms with Gasteiger partial charge in [0.05, 0.1) is 7.11 Å². The van der Waals surface area contributed by atoms with Crippen LogP contribution in [0.5, 0.6) is 23.0 Å². The third kappa shape index (κ3) is 7.95. The van der Waals surface area contributed by atoms with Crippen molar-refractivity contribution >= 4 is 17.4 Å². The van der Waals surface area contributed by atoms with Crippen molar-refractivity contribution in [3.8, 4) is 23.0 Å². The van der Waals surface area contributed by atoms with Gasteiger partial charge in [0, 0.05) is 17.8 Å². The SMILES string of the molecule is COc1cc([C@H](Nc2ccc(C(=N)N)cc2)C(=O)NCc2ccccc2)ccc1OCc1cccc(Oc2ccccc2)c1. The number of hydrogen-bond acceptors (Lipinski definition) is 6. The lowest BCUT2D eigenvalue weighted by Gasteiger charge is -2.22. The molecule has 0 aromatic heterocycles. The lowest BCUT2D eigenvalue weighted by molar-refractivity contribution is -0.122. The number of carbonyl (C=O) groups is 1. The van der Waals surface area contributed by atoms with Crippen molar-refractivity contribution in [3.63, 3.8) is 0 Å². The summed E-state index contributed by atoms with van der Waals surface area (Å²) < 4.78 is 17.8. The lowest BCUT2D eigenvalue weighted by atomic mass is 10.0. The van der Waals surface area contributed by atoms with Gasteiger partial charge in [-0.1, -0.05) is 66.7 Å². The number of hydrogen-bond donors (Lipinski definition) is 4. The average molecular weight is 587 g/mol. The molecule has 0 fully saturated rings. The molecule has 0 bridgehead atoms. The Kier molecular flexibility index (Phi) is 9.74. The van der Waals surface area contributed by atoms with Crippen molar-refractivity contribution in [2.75, 3.05) is 12.4 Å². The fourth-order valence-electron chi connectivity index (χ4n) is 4.57. The Labute approximate surface area is 256 Å². The Hall–Kier alpha value is -5.76. The molecule has 8 nitrogen and oxygen atoms in total. The summed E-state index contributed by atoms with van der Waals surface area (Å²) in [6.07, 6.45) is 0. The fraction of sp³-hybridized carbons (Fsp3) is 0.111. The van der Waals surface area contributed by atoms with Crippen LogP contribution in [0.25, 0.3) is 0 Å². The molecule has 0 aliphatic carbocycles. The highest BCUT2D eigenvalue weighted by Gasteiger charge is 2.22. The van der Waals surface area contributed by atoms with Gasteiger partial charge >= 0.3 is 0 Å². The van der Waals surface area contributed by atoms with Gasteiger partial charge in [-0.05, 0) is 77.4 Å². The summed E-state index contributed by atoms with van der Waals surface area (Å²) in [5.74, 6) is 2.27. The van der Waals surface area contributed by atoms with Crippen LogP contribution in [0.2, 0.25) is 0 Å². The molecule has 1 atom stereocenters. The molecule has 5 rings (SSSR count). The Morgan fingerprint density at radius 2 is 1.45 bits per heavy atom. The summed E-state index contributed by atoms with van der Waals surface area (Å²) in [5, 5.41) is 14.0. The van der Waals surface area contributed by atoms with E-state index in [-0.39, 0.29) is 11.7 Å². The summed E-state index contributed by atoms with van der Waals surface area (Å²) in [4.78, 5) is 13.5. The quantitative estimate of drug-likeness (QED) is 0.0888. The van der Waals surface area contributed by atoms with Gasteiger partial charge in [0.15, 0.2) is 11.5 Å². The molecule has 0 radical (unpaired) electrons. The van der Waals surface area contributed by atoms with E-state index in [1.165, 1.54) is 0 Å². The van der Waals surface area contributed by atoms with Crippen molar-refractivity contribution in [1.82, 2.24) is 5.32 Å². The van der Waals surface area contributed by atoms with E-state index in [1.807, 2.05) is 91.0 Å². The molecule has 5 aromatic rings. The van der Waals surface area contributed by atoms with E-state index in [9.17, 15) is 4.79 Å². The van der Waals surface area contributed by atoms with Crippen molar-refractivity contribution in [2.24, 2.45) is 5.73 Å². The molecule has 222 valence electrons. The molecule has 0 spiro atoms. The van der Waals surface area contributed by atoms with E-state index in [2.05, 4.69) is 10.6 Å². The average Bonchev–Trinajstić information content (AvgIpc) is 3.06. The third-order valence-electron chi connectivity index (χ3n) is 6.87. The number of carbonyl (C=O) groups excluding carboxylic acids is 1. The van der Waals surface area contributed by atoms with Crippen LogP contribution in [0.15, 0.2) is 127 Å². The fourth-order valence-corrected chi connectivity index (χ4v) is 4.57. The maximum absolute atomic E-state index is 13.5. The van der Waals surface area contributed by atoms with Gasteiger partial charge in [0.2, 0.25) is 5.91 Å². The highest BCUT2D eigenvalue weighted by Crippen LogP contribution is 2.33. The summed E-state index contributed by atoms with van der Waals surface area (Å²) >= 11 is 0. The van der Waals surface area contributed by atoms with Gasteiger partial charge in [-0.15, -0.1) is 0 Å². The third-order valence-corrected chi connectivity index (χ3v) is 6.87. The van der Waals surface area contributed by atoms with Crippen LogP contribution in [-0.2, 0) is 17.9 Å². The van der Waals surface area contributed by atoms with E-state index >= 15 is 0 Å². The van der Waals surface area contributed by atoms with Gasteiger partial charge in [-0.25, -0.2) is 0 Å². The second-order valence-corrected chi connectivity index (χ2v) is 10.0. The highest BCUT2D eigenvalue weighted by molar-refractivity contribution is 5.95. The molecular weight excluding hydrogens is 552 g/mol. The molecular formula is C36H34N4O4. The van der Waals surface area contributed by atoms with Crippen LogP contribution in [0.4, 0.5) is 5.69 Å². The number of amidine groups is 1. The van der Waals surface area contributed by atoms with Gasteiger partial charge in [-0.2, -0.15) is 0 Å². The van der Waals surface area contributed by atoms with Crippen LogP contribution < -0.4 is 30.6 Å². The van der Waals surface area contributed by atoms with Crippen LogP contribution in [-0.4, -0.2) is 18.9 Å². The Morgan fingerprint density at radius 3 is 2.16 bits per heavy atom. The smallest absolute Gasteiger partial charge is 0.247 e. The Bertz CT molecular complexity index is 1690. The van der Waals surface area contributed by atoms with Crippen molar-refractivity contribution in [2.45, 2.75) is 19.2 Å². The minimum Gasteiger partial charge on any atom is -0.493 e. The predicted octanol–water partition coefficient (Wildman–Crippen LogP) is 6.82. The monoisotopic (exact) mass is 586 g/mol. The standard InChI is InChI=1S/C36H34N4O4/c1-42-33-22-28(17-20-32(33)43-24-26-11-8-14-31(21-26)44-30-12-6-3-7-13-30)34(36(41)39-23-25-9-4-2-5-10-25)40-29-18-15-27(16-19-29)35(37)38/h2-22,34,40H,23-24H2,1H3,(H3,37,38)(H,39,41)/t34-/m0/s1. The molecule has 0 saturated carbocycles. The molecule has 0 unspecified atom stereocenters.